The number of esters is 2. The molecule has 0 aromatic carbocycles. The maximum atomic E-state index is 12.8. The van der Waals surface area contributed by atoms with E-state index in [1.807, 2.05) is 0 Å². The van der Waals surface area contributed by atoms with Gasteiger partial charge in [-0.15, -0.1) is 0 Å². The van der Waals surface area contributed by atoms with Crippen molar-refractivity contribution in [2.75, 3.05) is 26.4 Å². The molecule has 0 aromatic heterocycles. The molecule has 0 fully saturated rings. The predicted molar refractivity (Wildman–Crippen MR) is 427 cm³/mol. The zero-order valence-corrected chi connectivity index (χ0v) is 66.5. The molecule has 0 spiro atoms. The Balaban J connectivity index is 3.70. The lowest BCUT2D eigenvalue weighted by molar-refractivity contribution is -0.161. The molecule has 0 amide bonds. The molecule has 0 radical (unpaired) electrons. The monoisotopic (exact) mass is 1400 g/mol. The summed E-state index contributed by atoms with van der Waals surface area (Å²) >= 11 is 0. The first-order valence-electron chi connectivity index (χ1n) is 43.6. The van der Waals surface area contributed by atoms with Crippen LogP contribution in [0.15, 0.2) is 48.6 Å². The van der Waals surface area contributed by atoms with Crippen LogP contribution >= 0.6 is 7.82 Å². The van der Waals surface area contributed by atoms with Crippen molar-refractivity contribution in [2.24, 2.45) is 5.73 Å². The minimum Gasteiger partial charge on any atom is -0.462 e. The van der Waals surface area contributed by atoms with E-state index in [0.717, 1.165) is 57.8 Å². The molecule has 0 aliphatic carbocycles. The highest BCUT2D eigenvalue weighted by molar-refractivity contribution is 7.47. The van der Waals surface area contributed by atoms with Crippen molar-refractivity contribution in [1.29, 1.82) is 0 Å². The van der Waals surface area contributed by atoms with Gasteiger partial charge in [-0.1, -0.05) is 454 Å². The number of unbranched alkanes of at least 4 members (excludes halogenated alkanes) is 63. The number of phosphoric ester groups is 1. The van der Waals surface area contributed by atoms with Gasteiger partial charge in [-0.3, -0.25) is 18.6 Å². The molecule has 0 aromatic rings. The van der Waals surface area contributed by atoms with Gasteiger partial charge in [0.25, 0.3) is 0 Å². The molecule has 3 N–H and O–H groups in total. The highest BCUT2D eigenvalue weighted by Crippen LogP contribution is 2.43. The van der Waals surface area contributed by atoms with Gasteiger partial charge in [-0.25, -0.2) is 4.57 Å². The van der Waals surface area contributed by atoms with Crippen LogP contribution in [0.25, 0.3) is 0 Å². The SMILES string of the molecule is CC/C=C\C/C=C\C/C=C\C/C=C\CCCCCCCCCCCCCCCCCCCCCCCCCCCCC(=O)OC(COC(=O)CCCCCCCCCCCCCCCCCCCCCCCCCCCCCCCCCCCCCCCC)COP(=O)(O)OCCN. The Bertz CT molecular complexity index is 1750. The molecular weight excluding hydrogens is 1230 g/mol. The molecule has 578 valence electrons. The fraction of sp³-hybridized carbons (Fsp3) is 0.886. The van der Waals surface area contributed by atoms with Crippen LogP contribution in [0.4, 0.5) is 0 Å². The Morgan fingerprint density at radius 2 is 0.561 bits per heavy atom. The molecule has 0 heterocycles. The summed E-state index contributed by atoms with van der Waals surface area (Å²) in [6, 6.07) is 0. The summed E-state index contributed by atoms with van der Waals surface area (Å²) in [5, 5.41) is 0. The van der Waals surface area contributed by atoms with Gasteiger partial charge in [0.2, 0.25) is 0 Å². The normalized spacial score (nSPS) is 13.0. The number of nitrogens with two attached hydrogens (primary N) is 1. The second-order valence-corrected chi connectivity index (χ2v) is 31.2. The van der Waals surface area contributed by atoms with Crippen LogP contribution in [0.2, 0.25) is 0 Å². The molecule has 0 aliphatic rings. The summed E-state index contributed by atoms with van der Waals surface area (Å²) < 4.78 is 33.3. The number of phosphoric acid groups is 1. The number of hydrogen-bond donors (Lipinski definition) is 2. The van der Waals surface area contributed by atoms with Crippen LogP contribution in [-0.2, 0) is 32.7 Å². The van der Waals surface area contributed by atoms with Gasteiger partial charge in [0.05, 0.1) is 13.2 Å². The van der Waals surface area contributed by atoms with Crippen LogP contribution in [0.5, 0.6) is 0 Å². The van der Waals surface area contributed by atoms with Crippen LogP contribution < -0.4 is 5.73 Å². The smallest absolute Gasteiger partial charge is 0.462 e. The summed E-state index contributed by atoms with van der Waals surface area (Å²) in [7, 11) is -4.40. The van der Waals surface area contributed by atoms with Gasteiger partial charge >= 0.3 is 19.8 Å². The molecule has 0 saturated carbocycles. The fourth-order valence-electron chi connectivity index (χ4n) is 13.6. The highest BCUT2D eigenvalue weighted by atomic mass is 31.2. The van der Waals surface area contributed by atoms with E-state index in [1.165, 1.54) is 379 Å². The third-order valence-corrected chi connectivity index (χ3v) is 21.0. The Labute approximate surface area is 610 Å². The van der Waals surface area contributed by atoms with E-state index in [0.29, 0.717) is 6.42 Å². The second-order valence-electron chi connectivity index (χ2n) is 29.7. The van der Waals surface area contributed by atoms with Crippen LogP contribution in [-0.4, -0.2) is 49.3 Å². The first kappa shape index (κ1) is 96.0. The van der Waals surface area contributed by atoms with Crippen molar-refractivity contribution in [1.82, 2.24) is 0 Å². The maximum absolute atomic E-state index is 12.8. The van der Waals surface area contributed by atoms with Gasteiger partial charge < -0.3 is 20.1 Å². The Kier molecular flexibility index (Phi) is 82.2. The van der Waals surface area contributed by atoms with E-state index < -0.39 is 26.5 Å². The zero-order valence-electron chi connectivity index (χ0n) is 65.6. The van der Waals surface area contributed by atoms with E-state index in [9.17, 15) is 19.0 Å². The lowest BCUT2D eigenvalue weighted by Gasteiger charge is -2.19. The van der Waals surface area contributed by atoms with E-state index in [1.54, 1.807) is 0 Å². The number of hydrogen-bond acceptors (Lipinski definition) is 8. The topological polar surface area (TPSA) is 134 Å². The highest BCUT2D eigenvalue weighted by Gasteiger charge is 2.26. The predicted octanol–water partition coefficient (Wildman–Crippen LogP) is 29.5. The second kappa shape index (κ2) is 83.9. The molecule has 0 saturated heterocycles. The largest absolute Gasteiger partial charge is 0.472 e. The van der Waals surface area contributed by atoms with Gasteiger partial charge in [0.1, 0.15) is 6.61 Å². The number of ether oxygens (including phenoxy) is 2. The Morgan fingerprint density at radius 3 is 0.837 bits per heavy atom. The molecule has 0 bridgehead atoms. The molecule has 0 rings (SSSR count). The van der Waals surface area contributed by atoms with Gasteiger partial charge in [-0.2, -0.15) is 0 Å². The van der Waals surface area contributed by atoms with Crippen molar-refractivity contribution < 1.29 is 37.6 Å². The molecule has 10 heteroatoms. The average Bonchev–Trinajstić information content (AvgIpc) is 1.28. The lowest BCUT2D eigenvalue weighted by atomic mass is 10.0. The molecule has 0 aliphatic heterocycles. The Hall–Kier alpha value is -2.03. The van der Waals surface area contributed by atoms with E-state index >= 15 is 0 Å². The quantitative estimate of drug-likeness (QED) is 0.0264. The average molecular weight is 1400 g/mol. The van der Waals surface area contributed by atoms with Crippen molar-refractivity contribution in [3.8, 4) is 0 Å². The molecule has 2 unspecified atom stereocenters. The third kappa shape index (κ3) is 82.9. The first-order chi connectivity index (χ1) is 48.3. The minimum atomic E-state index is -4.40. The summed E-state index contributed by atoms with van der Waals surface area (Å²) in [4.78, 5) is 35.5. The first-order valence-corrected chi connectivity index (χ1v) is 45.1. The summed E-state index contributed by atoms with van der Waals surface area (Å²) in [5.74, 6) is -0.798. The van der Waals surface area contributed by atoms with Gasteiger partial charge in [-0.05, 0) is 51.4 Å². The Morgan fingerprint density at radius 1 is 0.316 bits per heavy atom. The van der Waals surface area contributed by atoms with E-state index in [-0.39, 0.29) is 38.6 Å². The van der Waals surface area contributed by atoms with E-state index in [2.05, 4.69) is 62.5 Å². The standard InChI is InChI=1S/C88H168NO8P/c1-3-5-7-9-11-13-15-17-19-21-23-25-27-29-31-33-35-37-39-41-43-45-47-49-51-53-55-57-59-61-63-65-67-69-71-73-75-77-79-81-88(91)97-86(85-96-98(92,93)95-83-82-89)84-94-87(90)80-78-76-74-72-70-68-66-64-62-60-58-56-54-52-50-48-46-44-42-40-38-36-34-32-30-28-26-24-22-20-18-16-14-12-10-8-6-4-2/h5,7,11,13,17,19,23,25,86H,3-4,6,8-10,12,14-16,18,20-22,24,26-85,89H2,1-2H3,(H,92,93)/b7-5-,13-11-,19-17-,25-23-. The lowest BCUT2D eigenvalue weighted by Crippen LogP contribution is -2.29. The summed E-state index contributed by atoms with van der Waals surface area (Å²) in [6.07, 6.45) is 110. The van der Waals surface area contributed by atoms with Crippen molar-refractivity contribution >= 4 is 19.8 Å². The molecular formula is C88H168NO8P. The molecule has 2 atom stereocenters. The zero-order chi connectivity index (χ0) is 70.8. The maximum Gasteiger partial charge on any atom is 0.472 e. The van der Waals surface area contributed by atoms with Gasteiger partial charge in [0, 0.05) is 19.4 Å². The number of carbonyl (C=O) groups excluding carboxylic acids is 2. The third-order valence-electron chi connectivity index (χ3n) is 20.0. The number of allylic oxidation sites excluding steroid dienone is 8. The molecule has 98 heavy (non-hydrogen) atoms. The van der Waals surface area contributed by atoms with Crippen LogP contribution in [0, 0.1) is 0 Å². The van der Waals surface area contributed by atoms with E-state index in [4.69, 9.17) is 24.3 Å². The minimum absolute atomic E-state index is 0.0569. The molecule has 9 nitrogen and oxygen atoms in total. The van der Waals surface area contributed by atoms with Crippen LogP contribution in [0.1, 0.15) is 470 Å². The van der Waals surface area contributed by atoms with Crippen molar-refractivity contribution in [2.45, 2.75) is 476 Å². The van der Waals surface area contributed by atoms with Gasteiger partial charge in [0.15, 0.2) is 6.10 Å². The summed E-state index contributed by atoms with van der Waals surface area (Å²) in [5.41, 5.74) is 5.42. The number of carbonyl (C=O) groups is 2. The number of rotatable bonds is 84. The van der Waals surface area contributed by atoms with Crippen molar-refractivity contribution in [3.05, 3.63) is 48.6 Å². The van der Waals surface area contributed by atoms with Crippen molar-refractivity contribution in [3.63, 3.8) is 0 Å². The fourth-order valence-corrected chi connectivity index (χ4v) is 14.3. The summed E-state index contributed by atoms with van der Waals surface area (Å²) in [6.45, 7) is 3.73. The van der Waals surface area contributed by atoms with Crippen LogP contribution in [0.3, 0.4) is 0 Å².